The number of nitrogens with one attached hydrogen (secondary N) is 1. The predicted octanol–water partition coefficient (Wildman–Crippen LogP) is 2.83. The average Bonchev–Trinajstić information content (AvgIpc) is 3.02. The maximum Gasteiger partial charge on any atom is 0.193 e. The number of halogens is 1. The number of aromatic hydroxyl groups is 1. The fourth-order valence-corrected chi connectivity index (χ4v) is 3.54. The maximum absolute atomic E-state index is 10.3. The zero-order valence-electron chi connectivity index (χ0n) is 15.7. The lowest BCUT2D eigenvalue weighted by Crippen LogP contribution is -2.38. The summed E-state index contributed by atoms with van der Waals surface area (Å²) in [5.74, 6) is 1.18. The molecule has 0 amide bonds. The number of hydrogen-bond acceptors (Lipinski definition) is 3. The van der Waals surface area contributed by atoms with Crippen molar-refractivity contribution in [3.8, 4) is 5.75 Å². The minimum absolute atomic E-state index is 0. The summed E-state index contributed by atoms with van der Waals surface area (Å²) in [4.78, 5) is 6.43. The number of phenols is 1. The molecule has 2 N–H and O–H groups in total. The summed E-state index contributed by atoms with van der Waals surface area (Å²) in [6.07, 6.45) is 8.45. The predicted molar refractivity (Wildman–Crippen MR) is 115 cm³/mol. The van der Waals surface area contributed by atoms with Gasteiger partial charge in [-0.3, -0.25) is 9.67 Å². The second-order valence-electron chi connectivity index (χ2n) is 6.69. The third kappa shape index (κ3) is 4.69. The van der Waals surface area contributed by atoms with Gasteiger partial charge in [-0.15, -0.1) is 24.0 Å². The molecular formula is C19H28IN5O. The van der Waals surface area contributed by atoms with E-state index in [9.17, 15) is 5.11 Å². The van der Waals surface area contributed by atoms with Gasteiger partial charge in [0, 0.05) is 51.6 Å². The van der Waals surface area contributed by atoms with Crippen LogP contribution < -0.4 is 5.32 Å². The number of aliphatic imine (C=N–C) groups is 1. The van der Waals surface area contributed by atoms with Gasteiger partial charge in [0.15, 0.2) is 5.96 Å². The molecule has 1 aliphatic carbocycles. The van der Waals surface area contributed by atoms with E-state index in [2.05, 4.69) is 26.4 Å². The number of aryl methyl sites for hydroxylation is 2. The number of guanidine groups is 1. The van der Waals surface area contributed by atoms with Crippen molar-refractivity contribution < 1.29 is 5.11 Å². The first-order valence-corrected chi connectivity index (χ1v) is 8.80. The lowest BCUT2D eigenvalue weighted by Gasteiger charge is -2.24. The van der Waals surface area contributed by atoms with Crippen LogP contribution >= 0.6 is 24.0 Å². The Hall–Kier alpha value is -1.77. The molecule has 1 heterocycles. The molecule has 1 aromatic heterocycles. The van der Waals surface area contributed by atoms with Crippen LogP contribution in [-0.2, 0) is 33.0 Å². The summed E-state index contributed by atoms with van der Waals surface area (Å²) in [5, 5.41) is 17.9. The van der Waals surface area contributed by atoms with E-state index in [1.165, 1.54) is 24.0 Å². The van der Waals surface area contributed by atoms with Crippen LogP contribution in [0.2, 0.25) is 0 Å². The maximum atomic E-state index is 10.3. The number of benzene rings is 1. The summed E-state index contributed by atoms with van der Waals surface area (Å²) < 4.78 is 1.80. The molecule has 26 heavy (non-hydrogen) atoms. The fraction of sp³-hybridized carbons (Fsp3) is 0.474. The number of fused-ring (bicyclic) bond motifs is 1. The molecule has 6 nitrogen and oxygen atoms in total. The Kier molecular flexibility index (Phi) is 7.31. The summed E-state index contributed by atoms with van der Waals surface area (Å²) in [7, 11) is 5.70. The monoisotopic (exact) mass is 469 g/mol. The van der Waals surface area contributed by atoms with Crippen LogP contribution in [0.1, 0.15) is 35.1 Å². The lowest BCUT2D eigenvalue weighted by molar-refractivity contribution is 0.457. The quantitative estimate of drug-likeness (QED) is 0.411. The summed E-state index contributed by atoms with van der Waals surface area (Å²) in [6, 6.07) is 3.89. The van der Waals surface area contributed by atoms with Gasteiger partial charge in [-0.25, -0.2) is 0 Å². The van der Waals surface area contributed by atoms with E-state index in [0.29, 0.717) is 12.3 Å². The number of rotatable bonds is 4. The summed E-state index contributed by atoms with van der Waals surface area (Å²) in [5.41, 5.74) is 4.82. The molecule has 0 saturated carbocycles. The minimum Gasteiger partial charge on any atom is -0.508 e. The highest BCUT2D eigenvalue weighted by Gasteiger charge is 2.17. The smallest absolute Gasteiger partial charge is 0.193 e. The average molecular weight is 469 g/mol. The normalized spacial score (nSPS) is 13.7. The zero-order chi connectivity index (χ0) is 17.8. The van der Waals surface area contributed by atoms with Crippen molar-refractivity contribution in [3.05, 3.63) is 46.8 Å². The topological polar surface area (TPSA) is 65.7 Å². The molecule has 0 saturated heterocycles. The van der Waals surface area contributed by atoms with E-state index in [1.807, 2.05) is 32.6 Å². The van der Waals surface area contributed by atoms with Crippen molar-refractivity contribution in [1.29, 1.82) is 0 Å². The second-order valence-corrected chi connectivity index (χ2v) is 6.69. The minimum atomic E-state index is 0. The van der Waals surface area contributed by atoms with Crippen LogP contribution in [0.15, 0.2) is 29.5 Å². The van der Waals surface area contributed by atoms with E-state index in [0.717, 1.165) is 36.5 Å². The highest BCUT2D eigenvalue weighted by Crippen LogP contribution is 2.30. The van der Waals surface area contributed by atoms with Crippen molar-refractivity contribution in [2.45, 2.75) is 38.8 Å². The van der Waals surface area contributed by atoms with Gasteiger partial charge in [-0.1, -0.05) is 6.07 Å². The van der Waals surface area contributed by atoms with Gasteiger partial charge in [-0.2, -0.15) is 5.10 Å². The van der Waals surface area contributed by atoms with E-state index >= 15 is 0 Å². The molecule has 7 heteroatoms. The lowest BCUT2D eigenvalue weighted by atomic mass is 9.88. The van der Waals surface area contributed by atoms with Crippen LogP contribution in [0.4, 0.5) is 0 Å². The van der Waals surface area contributed by atoms with Gasteiger partial charge in [-0.05, 0) is 42.9 Å². The Morgan fingerprint density at radius 1 is 1.35 bits per heavy atom. The molecular weight excluding hydrogens is 441 g/mol. The molecule has 1 aromatic carbocycles. The van der Waals surface area contributed by atoms with E-state index in [4.69, 9.17) is 0 Å². The van der Waals surface area contributed by atoms with Gasteiger partial charge < -0.3 is 15.3 Å². The largest absolute Gasteiger partial charge is 0.508 e. The van der Waals surface area contributed by atoms with E-state index in [1.54, 1.807) is 11.7 Å². The number of aromatic nitrogens is 2. The van der Waals surface area contributed by atoms with Crippen LogP contribution in [0.3, 0.4) is 0 Å². The van der Waals surface area contributed by atoms with Crippen LogP contribution in [0.5, 0.6) is 5.75 Å². The van der Waals surface area contributed by atoms with E-state index in [-0.39, 0.29) is 24.0 Å². The molecule has 0 bridgehead atoms. The molecule has 0 atom stereocenters. The Morgan fingerprint density at radius 2 is 2.12 bits per heavy atom. The SMILES string of the molecule is CN=C(NCc1c(O)ccc2c1CCCC2)N(C)Cc1cnn(C)c1.I. The van der Waals surface area contributed by atoms with Gasteiger partial charge in [0.1, 0.15) is 5.75 Å². The molecule has 142 valence electrons. The summed E-state index contributed by atoms with van der Waals surface area (Å²) in [6.45, 7) is 1.31. The molecule has 0 spiro atoms. The van der Waals surface area contributed by atoms with Crippen molar-refractivity contribution in [2.24, 2.45) is 12.0 Å². The van der Waals surface area contributed by atoms with Gasteiger partial charge in [0.25, 0.3) is 0 Å². The number of phenolic OH excluding ortho intramolecular Hbond substituents is 1. The highest BCUT2D eigenvalue weighted by atomic mass is 127. The molecule has 0 aliphatic heterocycles. The zero-order valence-corrected chi connectivity index (χ0v) is 18.0. The van der Waals surface area contributed by atoms with E-state index < -0.39 is 0 Å². The van der Waals surface area contributed by atoms with Crippen molar-refractivity contribution >= 4 is 29.9 Å². The van der Waals surface area contributed by atoms with Gasteiger partial charge >= 0.3 is 0 Å². The van der Waals surface area contributed by atoms with Crippen LogP contribution in [0.25, 0.3) is 0 Å². The molecule has 0 fully saturated rings. The van der Waals surface area contributed by atoms with Gasteiger partial charge in [0.05, 0.1) is 6.20 Å². The first kappa shape index (κ1) is 20.5. The molecule has 1 aliphatic rings. The Morgan fingerprint density at radius 3 is 2.81 bits per heavy atom. The first-order valence-electron chi connectivity index (χ1n) is 8.80. The Bertz CT molecular complexity index is 771. The Balaban J connectivity index is 0.00000243. The first-order chi connectivity index (χ1) is 12.1. The third-order valence-corrected chi connectivity index (χ3v) is 4.80. The Labute approximate surface area is 172 Å². The van der Waals surface area contributed by atoms with Gasteiger partial charge in [0.2, 0.25) is 0 Å². The fourth-order valence-electron chi connectivity index (χ4n) is 3.54. The van der Waals surface area contributed by atoms with Crippen LogP contribution in [0, 0.1) is 0 Å². The molecule has 2 aromatic rings. The second kappa shape index (κ2) is 9.25. The highest BCUT2D eigenvalue weighted by molar-refractivity contribution is 14.0. The molecule has 0 unspecified atom stereocenters. The van der Waals surface area contributed by atoms with Crippen molar-refractivity contribution in [1.82, 2.24) is 20.0 Å². The molecule has 0 radical (unpaired) electrons. The molecule has 3 rings (SSSR count). The standard InChI is InChI=1S/C19H27N5O.HI/c1-20-19(23(2)12-14-10-22-24(3)13-14)21-11-17-16-7-5-4-6-15(16)8-9-18(17)25;/h8-10,13,25H,4-7,11-12H2,1-3H3,(H,20,21);1H. The van der Waals surface area contributed by atoms with Crippen molar-refractivity contribution in [2.75, 3.05) is 14.1 Å². The number of hydrogen-bond donors (Lipinski definition) is 2. The summed E-state index contributed by atoms with van der Waals surface area (Å²) >= 11 is 0. The van der Waals surface area contributed by atoms with Crippen molar-refractivity contribution in [3.63, 3.8) is 0 Å². The third-order valence-electron chi connectivity index (χ3n) is 4.80. The number of nitrogens with zero attached hydrogens (tertiary/aromatic N) is 4. The van der Waals surface area contributed by atoms with Crippen LogP contribution in [-0.4, -0.2) is 39.8 Å².